The molecule has 1 aliphatic rings. The molecule has 26 heavy (non-hydrogen) atoms. The molecule has 0 radical (unpaired) electrons. The predicted molar refractivity (Wildman–Crippen MR) is 89.0 cm³/mol. The third kappa shape index (κ3) is 5.83. The summed E-state index contributed by atoms with van der Waals surface area (Å²) < 4.78 is 16.6. The summed E-state index contributed by atoms with van der Waals surface area (Å²) in [4.78, 5) is 11.5. The van der Waals surface area contributed by atoms with Crippen molar-refractivity contribution < 1.29 is 44.5 Å². The second-order valence-corrected chi connectivity index (χ2v) is 6.92. The van der Waals surface area contributed by atoms with Crippen LogP contribution >= 0.6 is 0 Å². The van der Waals surface area contributed by atoms with Gasteiger partial charge in [0.2, 0.25) is 5.91 Å². The highest BCUT2D eigenvalue weighted by molar-refractivity contribution is 5.73. The molecule has 10 nitrogen and oxygen atoms in total. The molecule has 1 fully saturated rings. The fourth-order valence-electron chi connectivity index (χ4n) is 2.94. The lowest BCUT2D eigenvalue weighted by molar-refractivity contribution is -0.297. The number of aliphatic hydroxyl groups is 5. The summed E-state index contributed by atoms with van der Waals surface area (Å²) in [6.07, 6.45) is -6.67. The Labute approximate surface area is 152 Å². The van der Waals surface area contributed by atoms with Crippen LogP contribution in [0.5, 0.6) is 0 Å². The van der Waals surface area contributed by atoms with Gasteiger partial charge in [-0.2, -0.15) is 0 Å². The van der Waals surface area contributed by atoms with Crippen LogP contribution in [0, 0.1) is 0 Å². The first-order valence-corrected chi connectivity index (χ1v) is 8.51. The van der Waals surface area contributed by atoms with Gasteiger partial charge in [0, 0.05) is 6.92 Å². The highest BCUT2D eigenvalue weighted by Crippen LogP contribution is 2.31. The average molecular weight is 381 g/mol. The van der Waals surface area contributed by atoms with Gasteiger partial charge in [0.05, 0.1) is 37.6 Å². The number of rotatable bonds is 9. The Morgan fingerprint density at radius 1 is 1.27 bits per heavy atom. The molecular formula is C16H31NO9. The highest BCUT2D eigenvalue weighted by atomic mass is 16.7. The molecule has 0 aromatic heterocycles. The van der Waals surface area contributed by atoms with E-state index in [1.54, 1.807) is 13.8 Å². The third-order valence-electron chi connectivity index (χ3n) is 4.29. The Hall–Kier alpha value is -0.850. The number of hydrogen-bond donors (Lipinski definition) is 6. The minimum absolute atomic E-state index is 0.378. The van der Waals surface area contributed by atoms with Crippen molar-refractivity contribution in [3.05, 3.63) is 0 Å². The van der Waals surface area contributed by atoms with Crippen LogP contribution in [-0.4, -0.2) is 99.7 Å². The SMILES string of the molecule is CC(=O)NC1C(O)C(OC(CO)OC(CO)C(C)O)[C@H](CO)OC1(C)C. The number of aliphatic hydroxyl groups excluding tert-OH is 5. The summed E-state index contributed by atoms with van der Waals surface area (Å²) in [5.74, 6) is -0.378. The number of nitrogens with one attached hydrogen (secondary N) is 1. The summed E-state index contributed by atoms with van der Waals surface area (Å²) in [7, 11) is 0. The Morgan fingerprint density at radius 2 is 1.88 bits per heavy atom. The molecule has 6 unspecified atom stereocenters. The van der Waals surface area contributed by atoms with Gasteiger partial charge in [-0.05, 0) is 20.8 Å². The maximum Gasteiger partial charge on any atom is 0.217 e. The molecule has 10 heteroatoms. The first-order valence-electron chi connectivity index (χ1n) is 8.51. The Morgan fingerprint density at radius 3 is 2.31 bits per heavy atom. The lowest BCUT2D eigenvalue weighted by Gasteiger charge is -2.49. The van der Waals surface area contributed by atoms with Gasteiger partial charge in [-0.25, -0.2) is 0 Å². The van der Waals surface area contributed by atoms with E-state index in [1.165, 1.54) is 13.8 Å². The molecule has 6 N–H and O–H groups in total. The van der Waals surface area contributed by atoms with Crippen molar-refractivity contribution >= 4 is 5.91 Å². The molecule has 1 aliphatic heterocycles. The zero-order valence-corrected chi connectivity index (χ0v) is 15.5. The van der Waals surface area contributed by atoms with Crippen molar-refractivity contribution in [3.8, 4) is 0 Å². The molecular weight excluding hydrogens is 350 g/mol. The quantitative estimate of drug-likeness (QED) is 0.237. The number of ether oxygens (including phenoxy) is 3. The van der Waals surface area contributed by atoms with E-state index in [0.717, 1.165) is 0 Å². The van der Waals surface area contributed by atoms with E-state index in [9.17, 15) is 30.3 Å². The van der Waals surface area contributed by atoms with Crippen LogP contribution in [0.25, 0.3) is 0 Å². The Bertz CT molecular complexity index is 445. The van der Waals surface area contributed by atoms with E-state index in [4.69, 9.17) is 14.2 Å². The van der Waals surface area contributed by atoms with Gasteiger partial charge in [0.25, 0.3) is 0 Å². The molecule has 1 saturated heterocycles. The summed E-state index contributed by atoms with van der Waals surface area (Å²) >= 11 is 0. The van der Waals surface area contributed by atoms with Gasteiger partial charge in [-0.15, -0.1) is 0 Å². The van der Waals surface area contributed by atoms with Gasteiger partial charge in [-0.1, -0.05) is 0 Å². The van der Waals surface area contributed by atoms with E-state index in [2.05, 4.69) is 5.32 Å². The van der Waals surface area contributed by atoms with Crippen molar-refractivity contribution in [1.29, 1.82) is 0 Å². The molecule has 1 heterocycles. The van der Waals surface area contributed by atoms with Crippen LogP contribution in [-0.2, 0) is 19.0 Å². The zero-order chi connectivity index (χ0) is 20.1. The zero-order valence-electron chi connectivity index (χ0n) is 15.5. The maximum absolute atomic E-state index is 11.5. The highest BCUT2D eigenvalue weighted by Gasteiger charge is 2.51. The predicted octanol–water partition coefficient (Wildman–Crippen LogP) is -2.52. The molecule has 1 rings (SSSR count). The monoisotopic (exact) mass is 381 g/mol. The molecule has 7 atom stereocenters. The van der Waals surface area contributed by atoms with E-state index in [0.29, 0.717) is 0 Å². The lowest BCUT2D eigenvalue weighted by Crippen LogP contribution is -2.69. The van der Waals surface area contributed by atoms with Gasteiger partial charge in [0.15, 0.2) is 6.29 Å². The van der Waals surface area contributed by atoms with Gasteiger partial charge in [-0.3, -0.25) is 4.79 Å². The molecule has 0 saturated carbocycles. The van der Waals surface area contributed by atoms with E-state index in [-0.39, 0.29) is 5.91 Å². The van der Waals surface area contributed by atoms with Gasteiger partial charge in [0.1, 0.15) is 24.4 Å². The summed E-state index contributed by atoms with van der Waals surface area (Å²) in [6, 6.07) is -0.836. The van der Waals surface area contributed by atoms with Crippen LogP contribution in [0.2, 0.25) is 0 Å². The van der Waals surface area contributed by atoms with Crippen LogP contribution < -0.4 is 5.32 Å². The second kappa shape index (κ2) is 9.90. The number of amides is 1. The molecule has 0 aromatic rings. The average Bonchev–Trinajstić information content (AvgIpc) is 2.56. The fraction of sp³-hybridized carbons (Fsp3) is 0.938. The van der Waals surface area contributed by atoms with Crippen molar-refractivity contribution in [2.24, 2.45) is 0 Å². The minimum Gasteiger partial charge on any atom is -0.394 e. The normalized spacial score (nSPS) is 31.9. The Kier molecular flexibility index (Phi) is 8.83. The summed E-state index contributed by atoms with van der Waals surface area (Å²) in [6.45, 7) is 4.40. The van der Waals surface area contributed by atoms with Crippen molar-refractivity contribution in [3.63, 3.8) is 0 Å². The summed E-state index contributed by atoms with van der Waals surface area (Å²) in [5, 5.41) is 51.1. The van der Waals surface area contributed by atoms with Crippen LogP contribution in [0.1, 0.15) is 27.7 Å². The van der Waals surface area contributed by atoms with Crippen molar-refractivity contribution in [1.82, 2.24) is 5.32 Å². The first kappa shape index (κ1) is 23.2. The maximum atomic E-state index is 11.5. The third-order valence-corrected chi connectivity index (χ3v) is 4.29. The topological polar surface area (TPSA) is 158 Å². The van der Waals surface area contributed by atoms with Crippen molar-refractivity contribution in [2.75, 3.05) is 19.8 Å². The first-order chi connectivity index (χ1) is 12.1. The molecule has 154 valence electrons. The smallest absolute Gasteiger partial charge is 0.217 e. The van der Waals surface area contributed by atoms with Gasteiger partial charge >= 0.3 is 0 Å². The molecule has 0 spiro atoms. The molecule has 1 amide bonds. The molecule has 0 aromatic carbocycles. The summed E-state index contributed by atoms with van der Waals surface area (Å²) in [5.41, 5.74) is -0.985. The number of hydrogen-bond acceptors (Lipinski definition) is 9. The van der Waals surface area contributed by atoms with Crippen LogP contribution in [0.4, 0.5) is 0 Å². The fourth-order valence-corrected chi connectivity index (χ4v) is 2.94. The van der Waals surface area contributed by atoms with E-state index in [1.807, 2.05) is 0 Å². The molecule has 0 aliphatic carbocycles. The van der Waals surface area contributed by atoms with Crippen LogP contribution in [0.3, 0.4) is 0 Å². The molecule has 0 bridgehead atoms. The van der Waals surface area contributed by atoms with Crippen molar-refractivity contribution in [2.45, 2.75) is 76.1 Å². The van der Waals surface area contributed by atoms with Crippen LogP contribution in [0.15, 0.2) is 0 Å². The number of carbonyl (C=O) groups excluding carboxylic acids is 1. The second-order valence-electron chi connectivity index (χ2n) is 6.92. The Balaban J connectivity index is 2.96. The van der Waals surface area contributed by atoms with E-state index >= 15 is 0 Å². The number of carbonyl (C=O) groups is 1. The van der Waals surface area contributed by atoms with E-state index < -0.39 is 68.3 Å². The standard InChI is InChI=1S/C16H31NO9/c1-8(21)10(5-18)24-12(7-20)25-14-11(6-19)26-16(3,4)15(13(14)23)17-9(2)22/h8,10-15,18-21,23H,5-7H2,1-4H3,(H,17,22)/t8?,10?,11-,12?,13?,14?,15?/m0/s1. The van der Waals surface area contributed by atoms with Gasteiger partial charge < -0.3 is 45.1 Å². The minimum atomic E-state index is -1.29. The largest absolute Gasteiger partial charge is 0.394 e. The lowest BCUT2D eigenvalue weighted by atomic mass is 9.85.